The van der Waals surface area contributed by atoms with E-state index in [1.807, 2.05) is 0 Å². The highest BCUT2D eigenvalue weighted by atomic mass is 19.1. The fraction of sp³-hybridized carbons (Fsp3) is 0.733. The molecule has 0 aliphatic carbocycles. The second-order valence-electron chi connectivity index (χ2n) is 5.92. The number of piperazine rings is 1. The van der Waals surface area contributed by atoms with Crippen molar-refractivity contribution >= 4 is 11.8 Å². The van der Waals surface area contributed by atoms with Crippen LogP contribution in [-0.2, 0) is 0 Å². The van der Waals surface area contributed by atoms with Crippen molar-refractivity contribution in [2.24, 2.45) is 0 Å². The summed E-state index contributed by atoms with van der Waals surface area (Å²) in [6, 6.07) is 0.550. The molecular formula is C15H24FN5. The summed E-state index contributed by atoms with van der Waals surface area (Å²) >= 11 is 0. The van der Waals surface area contributed by atoms with E-state index in [4.69, 9.17) is 0 Å². The lowest BCUT2D eigenvalue weighted by molar-refractivity contribution is 0.133. The first-order valence-electron chi connectivity index (χ1n) is 8.03. The molecule has 21 heavy (non-hydrogen) atoms. The Bertz CT molecular complexity index is 481. The van der Waals surface area contributed by atoms with E-state index in [2.05, 4.69) is 32.0 Å². The molecule has 3 rings (SSSR count). The molecule has 0 bridgehead atoms. The number of nitrogens with zero attached hydrogens (tertiary/aromatic N) is 4. The number of fused-ring (bicyclic) bond motifs is 1. The van der Waals surface area contributed by atoms with Crippen molar-refractivity contribution in [3.8, 4) is 0 Å². The number of piperidine rings is 1. The maximum absolute atomic E-state index is 14.1. The van der Waals surface area contributed by atoms with Gasteiger partial charge in [0.25, 0.3) is 0 Å². The monoisotopic (exact) mass is 293 g/mol. The zero-order valence-electron chi connectivity index (χ0n) is 12.7. The van der Waals surface area contributed by atoms with Crippen LogP contribution in [0.1, 0.15) is 32.6 Å². The van der Waals surface area contributed by atoms with Gasteiger partial charge in [-0.05, 0) is 25.8 Å². The fourth-order valence-corrected chi connectivity index (χ4v) is 3.25. The molecule has 6 heteroatoms. The molecule has 3 heterocycles. The normalized spacial score (nSPS) is 23.0. The molecule has 0 saturated carbocycles. The van der Waals surface area contributed by atoms with Crippen LogP contribution in [0.15, 0.2) is 6.20 Å². The molecule has 1 N–H and O–H groups in total. The van der Waals surface area contributed by atoms with Gasteiger partial charge in [-0.15, -0.1) is 0 Å². The maximum Gasteiger partial charge on any atom is 0.224 e. The maximum atomic E-state index is 14.1. The Morgan fingerprint density at radius 1 is 1.33 bits per heavy atom. The number of anilines is 2. The summed E-state index contributed by atoms with van der Waals surface area (Å²) in [5, 5.41) is 3.13. The molecule has 2 saturated heterocycles. The highest BCUT2D eigenvalue weighted by Gasteiger charge is 2.30. The molecular weight excluding hydrogens is 269 g/mol. The van der Waals surface area contributed by atoms with Gasteiger partial charge in [-0.2, -0.15) is 4.98 Å². The highest BCUT2D eigenvalue weighted by molar-refractivity contribution is 5.44. The molecule has 1 aromatic rings. The summed E-state index contributed by atoms with van der Waals surface area (Å²) in [4.78, 5) is 13.0. The smallest absolute Gasteiger partial charge is 0.224 e. The number of nitrogens with one attached hydrogen (secondary N) is 1. The second kappa shape index (κ2) is 6.56. The van der Waals surface area contributed by atoms with E-state index in [1.165, 1.54) is 32.0 Å². The zero-order valence-corrected chi connectivity index (χ0v) is 12.7. The molecule has 2 aliphatic heterocycles. The van der Waals surface area contributed by atoms with Crippen LogP contribution in [0.4, 0.5) is 16.2 Å². The third-order valence-electron chi connectivity index (χ3n) is 4.40. The van der Waals surface area contributed by atoms with Crippen LogP contribution in [0.3, 0.4) is 0 Å². The van der Waals surface area contributed by atoms with Crippen molar-refractivity contribution in [3.63, 3.8) is 0 Å². The van der Waals surface area contributed by atoms with Gasteiger partial charge in [0.15, 0.2) is 11.6 Å². The molecule has 2 fully saturated rings. The van der Waals surface area contributed by atoms with Gasteiger partial charge < -0.3 is 10.2 Å². The summed E-state index contributed by atoms with van der Waals surface area (Å²) in [6.45, 7) is 6.81. The summed E-state index contributed by atoms with van der Waals surface area (Å²) in [5.74, 6) is 0.662. The Balaban J connectivity index is 1.73. The van der Waals surface area contributed by atoms with E-state index in [9.17, 15) is 4.39 Å². The molecule has 1 aromatic heterocycles. The first-order chi connectivity index (χ1) is 10.3. The van der Waals surface area contributed by atoms with Crippen LogP contribution in [0, 0.1) is 5.82 Å². The summed E-state index contributed by atoms with van der Waals surface area (Å²) in [7, 11) is 0. The molecule has 116 valence electrons. The molecule has 0 aromatic carbocycles. The lowest BCUT2D eigenvalue weighted by Gasteiger charge is -2.44. The Labute approximate surface area is 125 Å². The van der Waals surface area contributed by atoms with E-state index < -0.39 is 0 Å². The molecule has 5 nitrogen and oxygen atoms in total. The van der Waals surface area contributed by atoms with Gasteiger partial charge in [0.2, 0.25) is 5.95 Å². The molecule has 2 aliphatic rings. The van der Waals surface area contributed by atoms with Crippen molar-refractivity contribution in [1.29, 1.82) is 0 Å². The van der Waals surface area contributed by atoms with Crippen LogP contribution >= 0.6 is 0 Å². The van der Waals surface area contributed by atoms with Crippen molar-refractivity contribution in [3.05, 3.63) is 12.0 Å². The Morgan fingerprint density at radius 2 is 2.24 bits per heavy atom. The molecule has 0 amide bonds. The minimum absolute atomic E-state index is 0.318. The molecule has 1 atom stereocenters. The number of hydrogen-bond donors (Lipinski definition) is 1. The van der Waals surface area contributed by atoms with Crippen molar-refractivity contribution in [2.75, 3.05) is 42.9 Å². The van der Waals surface area contributed by atoms with Gasteiger partial charge in [-0.25, -0.2) is 9.37 Å². The minimum Gasteiger partial charge on any atom is -0.354 e. The largest absolute Gasteiger partial charge is 0.354 e. The average molecular weight is 293 g/mol. The van der Waals surface area contributed by atoms with Crippen molar-refractivity contribution in [1.82, 2.24) is 14.9 Å². The second-order valence-corrected chi connectivity index (χ2v) is 5.92. The predicted molar refractivity (Wildman–Crippen MR) is 82.2 cm³/mol. The van der Waals surface area contributed by atoms with Crippen LogP contribution in [-0.4, -0.2) is 53.6 Å². The van der Waals surface area contributed by atoms with Crippen LogP contribution in [0.5, 0.6) is 0 Å². The van der Waals surface area contributed by atoms with E-state index in [0.29, 0.717) is 17.8 Å². The van der Waals surface area contributed by atoms with Gasteiger partial charge in [0, 0.05) is 32.2 Å². The van der Waals surface area contributed by atoms with Gasteiger partial charge in [-0.1, -0.05) is 13.3 Å². The summed E-state index contributed by atoms with van der Waals surface area (Å²) < 4.78 is 14.1. The topological polar surface area (TPSA) is 44.3 Å². The van der Waals surface area contributed by atoms with Crippen LogP contribution in [0.2, 0.25) is 0 Å². The first-order valence-corrected chi connectivity index (χ1v) is 8.03. The number of halogens is 1. The average Bonchev–Trinajstić information content (AvgIpc) is 2.53. The van der Waals surface area contributed by atoms with E-state index in [0.717, 1.165) is 32.6 Å². The standard InChI is InChI=1S/C15H24FN5/c1-2-6-17-15-18-10-13(16)14(19-15)21-9-8-20-7-4-3-5-12(20)11-21/h10,12H,2-9,11H2,1H3,(H,17,18,19). The van der Waals surface area contributed by atoms with E-state index in [-0.39, 0.29) is 5.82 Å². The number of aromatic nitrogens is 2. The lowest BCUT2D eigenvalue weighted by atomic mass is 9.99. The summed E-state index contributed by atoms with van der Waals surface area (Å²) in [6.07, 6.45) is 6.07. The highest BCUT2D eigenvalue weighted by Crippen LogP contribution is 2.25. The third-order valence-corrected chi connectivity index (χ3v) is 4.40. The van der Waals surface area contributed by atoms with Crippen LogP contribution < -0.4 is 10.2 Å². The van der Waals surface area contributed by atoms with Crippen molar-refractivity contribution in [2.45, 2.75) is 38.6 Å². The third kappa shape index (κ3) is 3.26. The quantitative estimate of drug-likeness (QED) is 0.921. The van der Waals surface area contributed by atoms with Gasteiger partial charge >= 0.3 is 0 Å². The van der Waals surface area contributed by atoms with E-state index in [1.54, 1.807) is 0 Å². The predicted octanol–water partition coefficient (Wildman–Crippen LogP) is 2.11. The Kier molecular flexibility index (Phi) is 4.53. The minimum atomic E-state index is -0.318. The first kappa shape index (κ1) is 14.5. The Hall–Kier alpha value is -1.43. The molecule has 1 unspecified atom stereocenters. The molecule has 0 radical (unpaired) electrons. The SMILES string of the molecule is CCCNc1ncc(F)c(N2CCN3CCCCC3C2)n1. The number of hydrogen-bond acceptors (Lipinski definition) is 5. The van der Waals surface area contributed by atoms with Gasteiger partial charge in [-0.3, -0.25) is 4.90 Å². The van der Waals surface area contributed by atoms with Gasteiger partial charge in [0.05, 0.1) is 6.20 Å². The summed E-state index contributed by atoms with van der Waals surface area (Å²) in [5.41, 5.74) is 0. The van der Waals surface area contributed by atoms with Crippen molar-refractivity contribution < 1.29 is 4.39 Å². The van der Waals surface area contributed by atoms with Crippen LogP contribution in [0.25, 0.3) is 0 Å². The Morgan fingerprint density at radius 3 is 3.10 bits per heavy atom. The molecule has 0 spiro atoms. The zero-order chi connectivity index (χ0) is 14.7. The fourth-order valence-electron chi connectivity index (χ4n) is 3.25. The number of rotatable bonds is 4. The van der Waals surface area contributed by atoms with E-state index >= 15 is 0 Å². The van der Waals surface area contributed by atoms with Gasteiger partial charge in [0.1, 0.15) is 0 Å². The lowest BCUT2D eigenvalue weighted by Crippen LogP contribution is -2.55.